The Morgan fingerprint density at radius 1 is 0.719 bits per heavy atom. The molecule has 3 aromatic carbocycles. The average molecular weight is 415 g/mol. The molecule has 1 unspecified atom stereocenters. The highest BCUT2D eigenvalue weighted by Crippen LogP contribution is 2.41. The van der Waals surface area contributed by atoms with E-state index in [1.54, 1.807) is 0 Å². The molecule has 0 fully saturated rings. The van der Waals surface area contributed by atoms with Gasteiger partial charge in [-0.1, -0.05) is 91.0 Å². The topological polar surface area (TPSA) is 50.2 Å². The lowest BCUT2D eigenvalue weighted by atomic mass is 9.85. The lowest BCUT2D eigenvalue weighted by Crippen LogP contribution is -2.32. The largest absolute Gasteiger partial charge is 0.339 e. The fraction of sp³-hybridized carbons (Fsp3) is 0.107. The fourth-order valence-corrected chi connectivity index (χ4v) is 4.53. The average Bonchev–Trinajstić information content (AvgIpc) is 2.89. The second-order valence-corrected chi connectivity index (χ2v) is 8.10. The first-order valence-corrected chi connectivity index (χ1v) is 11.0. The Morgan fingerprint density at radius 2 is 1.38 bits per heavy atom. The van der Waals surface area contributed by atoms with Crippen LogP contribution in [0.1, 0.15) is 34.8 Å². The van der Waals surface area contributed by atoms with Gasteiger partial charge in [0, 0.05) is 22.9 Å². The van der Waals surface area contributed by atoms with Gasteiger partial charge in [-0.05, 0) is 24.0 Å². The number of hydrogen-bond acceptors (Lipinski definition) is 4. The van der Waals surface area contributed by atoms with Gasteiger partial charge in [-0.3, -0.25) is 4.99 Å². The smallest absolute Gasteiger partial charge is 0.159 e. The number of aromatic nitrogens is 2. The predicted molar refractivity (Wildman–Crippen MR) is 128 cm³/mol. The first-order valence-electron chi connectivity index (χ1n) is 11.0. The van der Waals surface area contributed by atoms with Gasteiger partial charge in [0.25, 0.3) is 0 Å². The van der Waals surface area contributed by atoms with Crippen LogP contribution in [0.3, 0.4) is 0 Å². The molecule has 0 saturated heterocycles. The molecule has 1 atom stereocenters. The number of benzene rings is 3. The van der Waals surface area contributed by atoms with Gasteiger partial charge in [-0.2, -0.15) is 0 Å². The lowest BCUT2D eigenvalue weighted by Gasteiger charge is -2.32. The van der Waals surface area contributed by atoms with E-state index in [-0.39, 0.29) is 6.04 Å². The number of amidine groups is 1. The highest BCUT2D eigenvalue weighted by atomic mass is 15.1. The summed E-state index contributed by atoms with van der Waals surface area (Å²) < 4.78 is 0. The van der Waals surface area contributed by atoms with E-state index in [0.29, 0.717) is 0 Å². The van der Waals surface area contributed by atoms with Crippen molar-refractivity contribution in [3.05, 3.63) is 125 Å². The van der Waals surface area contributed by atoms with E-state index in [2.05, 4.69) is 59.9 Å². The Labute approximate surface area is 187 Å². The van der Waals surface area contributed by atoms with Crippen molar-refractivity contribution in [3.8, 4) is 11.4 Å². The van der Waals surface area contributed by atoms with Crippen molar-refractivity contribution in [1.82, 2.24) is 15.3 Å². The van der Waals surface area contributed by atoms with E-state index < -0.39 is 0 Å². The molecule has 0 spiro atoms. The molecular formula is C28H22N4. The van der Waals surface area contributed by atoms with Gasteiger partial charge >= 0.3 is 0 Å². The minimum atomic E-state index is -0.00962. The van der Waals surface area contributed by atoms with Gasteiger partial charge in [0.05, 0.1) is 11.4 Å². The molecule has 1 aromatic heterocycles. The van der Waals surface area contributed by atoms with Crippen LogP contribution in [0.15, 0.2) is 108 Å². The van der Waals surface area contributed by atoms with Crippen LogP contribution in [0.4, 0.5) is 0 Å². The van der Waals surface area contributed by atoms with Crippen LogP contribution in [0.25, 0.3) is 17.1 Å². The maximum atomic E-state index is 5.15. The maximum Gasteiger partial charge on any atom is 0.159 e. The Bertz CT molecular complexity index is 1330. The molecule has 2 aliphatic rings. The molecule has 4 nitrogen and oxygen atoms in total. The summed E-state index contributed by atoms with van der Waals surface area (Å²) in [5.74, 6) is 1.67. The van der Waals surface area contributed by atoms with Crippen molar-refractivity contribution in [2.75, 3.05) is 0 Å². The van der Waals surface area contributed by atoms with E-state index in [1.165, 1.54) is 11.1 Å². The van der Waals surface area contributed by atoms with Crippen molar-refractivity contribution < 1.29 is 0 Å². The summed E-state index contributed by atoms with van der Waals surface area (Å²) in [7, 11) is 0. The summed E-state index contributed by atoms with van der Waals surface area (Å²) in [6.45, 7) is 0. The van der Waals surface area contributed by atoms with Gasteiger partial charge in [0.15, 0.2) is 5.82 Å². The zero-order chi connectivity index (χ0) is 21.3. The van der Waals surface area contributed by atoms with Crippen LogP contribution in [0.2, 0.25) is 0 Å². The molecule has 1 aliphatic heterocycles. The Morgan fingerprint density at radius 3 is 2.09 bits per heavy atom. The highest BCUT2D eigenvalue weighted by Gasteiger charge is 2.31. The molecule has 4 heteroatoms. The van der Waals surface area contributed by atoms with Gasteiger partial charge < -0.3 is 5.32 Å². The Kier molecular flexibility index (Phi) is 4.61. The zero-order valence-corrected chi connectivity index (χ0v) is 17.6. The second kappa shape index (κ2) is 7.89. The molecule has 6 rings (SSSR count). The van der Waals surface area contributed by atoms with Gasteiger partial charge in [-0.25, -0.2) is 9.97 Å². The number of hydrogen-bond donors (Lipinski definition) is 1. The number of nitrogens with zero attached hydrogens (tertiary/aromatic N) is 3. The molecule has 0 bridgehead atoms. The van der Waals surface area contributed by atoms with Crippen LogP contribution < -0.4 is 5.32 Å². The number of nitrogens with one attached hydrogen (secondary N) is 1. The number of aryl methyl sites for hydroxylation is 1. The monoisotopic (exact) mass is 414 g/mol. The normalized spacial score (nSPS) is 17.1. The number of aliphatic imine (C=N–C) groups is 1. The van der Waals surface area contributed by atoms with E-state index in [9.17, 15) is 0 Å². The van der Waals surface area contributed by atoms with Crippen LogP contribution >= 0.6 is 0 Å². The molecule has 0 amide bonds. The van der Waals surface area contributed by atoms with Gasteiger partial charge in [0.2, 0.25) is 0 Å². The summed E-state index contributed by atoms with van der Waals surface area (Å²) in [5, 5.41) is 3.64. The van der Waals surface area contributed by atoms with Crippen molar-refractivity contribution in [3.63, 3.8) is 0 Å². The lowest BCUT2D eigenvalue weighted by molar-refractivity contribution is 0.725. The van der Waals surface area contributed by atoms with Crippen LogP contribution in [0, 0.1) is 0 Å². The third-order valence-corrected chi connectivity index (χ3v) is 6.12. The molecule has 154 valence electrons. The van der Waals surface area contributed by atoms with Crippen LogP contribution in [0.5, 0.6) is 0 Å². The molecular weight excluding hydrogens is 392 g/mol. The highest BCUT2D eigenvalue weighted by molar-refractivity contribution is 6.05. The van der Waals surface area contributed by atoms with E-state index in [0.717, 1.165) is 52.6 Å². The summed E-state index contributed by atoms with van der Waals surface area (Å²) in [5.41, 5.74) is 7.91. The van der Waals surface area contributed by atoms with Gasteiger partial charge in [0.1, 0.15) is 11.9 Å². The fourth-order valence-electron chi connectivity index (χ4n) is 4.53. The quantitative estimate of drug-likeness (QED) is 0.475. The summed E-state index contributed by atoms with van der Waals surface area (Å²) >= 11 is 0. The maximum absolute atomic E-state index is 5.15. The Balaban J connectivity index is 1.47. The van der Waals surface area contributed by atoms with Crippen molar-refractivity contribution in [1.29, 1.82) is 0 Å². The van der Waals surface area contributed by atoms with Crippen molar-refractivity contribution in [2.24, 2.45) is 4.99 Å². The molecule has 2 heterocycles. The first-order chi connectivity index (χ1) is 15.9. The summed E-state index contributed by atoms with van der Waals surface area (Å²) in [6, 6.07) is 31.0. The predicted octanol–water partition coefficient (Wildman–Crippen LogP) is 5.59. The van der Waals surface area contributed by atoms with E-state index >= 15 is 0 Å². The standard InChI is InChI=1S/C28H22N4/c1-4-10-19(11-5-1)25-22-16-17-24-23(18-29-27(30-24)20-12-6-2-7-13-20)26(22)32-28(31-25)21-14-8-3-9-15-21/h1-15,18,25H,16-17H2,(H,31,32). The number of fused-ring (bicyclic) bond motifs is 2. The third kappa shape index (κ3) is 3.30. The molecule has 0 radical (unpaired) electrons. The van der Waals surface area contributed by atoms with Crippen molar-refractivity contribution in [2.45, 2.75) is 18.9 Å². The molecule has 0 saturated carbocycles. The minimum absolute atomic E-state index is 0.00962. The molecule has 32 heavy (non-hydrogen) atoms. The summed E-state index contributed by atoms with van der Waals surface area (Å²) in [6.07, 6.45) is 3.78. The minimum Gasteiger partial charge on any atom is -0.339 e. The van der Waals surface area contributed by atoms with Crippen LogP contribution in [-0.2, 0) is 6.42 Å². The van der Waals surface area contributed by atoms with Crippen molar-refractivity contribution >= 4 is 11.5 Å². The molecule has 1 N–H and O–H groups in total. The number of rotatable bonds is 3. The van der Waals surface area contributed by atoms with Gasteiger partial charge in [-0.15, -0.1) is 0 Å². The first kappa shape index (κ1) is 18.7. The molecule has 4 aromatic rings. The second-order valence-electron chi connectivity index (χ2n) is 8.10. The Hall–Kier alpha value is -4.05. The zero-order valence-electron chi connectivity index (χ0n) is 17.6. The molecule has 1 aliphatic carbocycles. The van der Waals surface area contributed by atoms with E-state index in [4.69, 9.17) is 15.0 Å². The third-order valence-electron chi connectivity index (χ3n) is 6.12. The van der Waals surface area contributed by atoms with Crippen LogP contribution in [-0.4, -0.2) is 15.8 Å². The van der Waals surface area contributed by atoms with E-state index in [1.807, 2.05) is 42.6 Å². The SMILES string of the molecule is c1ccc(C2=NC(c3ccccc3)C3=C(N2)c2cnc(-c4ccccc4)nc2CC3)cc1. The summed E-state index contributed by atoms with van der Waals surface area (Å²) in [4.78, 5) is 14.8.